The van der Waals surface area contributed by atoms with Crippen molar-refractivity contribution in [3.05, 3.63) is 95.6 Å². The number of nitrogens with one attached hydrogen (secondary N) is 2. The molecule has 8 heteroatoms. The summed E-state index contributed by atoms with van der Waals surface area (Å²) in [5.74, 6) is 0.908. The van der Waals surface area contributed by atoms with Gasteiger partial charge in [0.05, 0.1) is 37.0 Å². The molecule has 0 radical (unpaired) electrons. The van der Waals surface area contributed by atoms with E-state index in [1.54, 1.807) is 24.3 Å². The third kappa shape index (κ3) is 4.45. The van der Waals surface area contributed by atoms with Crippen molar-refractivity contribution in [2.75, 3.05) is 14.2 Å². The van der Waals surface area contributed by atoms with Gasteiger partial charge < -0.3 is 29.7 Å². The second kappa shape index (κ2) is 10.0. The minimum absolute atomic E-state index is 0.0518. The number of hydrogen-bond acceptors (Lipinski definition) is 6. The van der Waals surface area contributed by atoms with Crippen LogP contribution in [0, 0.1) is 0 Å². The minimum Gasteiger partial charge on any atom is -0.504 e. The number of aromatic hydroxyl groups is 2. The fraction of sp³-hybridized carbons (Fsp3) is 0.0588. The molecule has 5 heterocycles. The van der Waals surface area contributed by atoms with Crippen molar-refractivity contribution in [3.63, 3.8) is 0 Å². The Hall–Kier alpha value is -5.76. The molecular weight excluding hydrogens is 528 g/mol. The number of phenolic OH excluding ortho intramolecular Hbond substituents is 2. The number of hydrogen-bond donors (Lipinski definition) is 4. The quantitative estimate of drug-likeness (QED) is 0.180. The van der Waals surface area contributed by atoms with Crippen molar-refractivity contribution in [2.45, 2.75) is 0 Å². The second-order valence-electron chi connectivity index (χ2n) is 9.98. The molecule has 0 saturated heterocycles. The van der Waals surface area contributed by atoms with Crippen LogP contribution in [0.5, 0.6) is 23.0 Å². The molecule has 8 nitrogen and oxygen atoms in total. The normalized spacial score (nSPS) is 12.0. The van der Waals surface area contributed by atoms with Crippen LogP contribution < -0.4 is 9.47 Å². The number of benzene rings is 2. The van der Waals surface area contributed by atoms with Crippen LogP contribution in [0.1, 0.15) is 22.8 Å². The Balaban J connectivity index is 1.52. The summed E-state index contributed by atoms with van der Waals surface area (Å²) in [6.07, 6.45) is 7.86. The number of H-pyrrole nitrogens is 2. The zero-order chi connectivity index (χ0) is 28.8. The van der Waals surface area contributed by atoms with Gasteiger partial charge in [0, 0.05) is 33.2 Å². The first-order valence-electron chi connectivity index (χ1n) is 13.3. The molecule has 2 aliphatic rings. The minimum atomic E-state index is 0.0518. The monoisotopic (exact) mass is 554 g/mol. The predicted octanol–water partition coefficient (Wildman–Crippen LogP) is 7.42. The Labute approximate surface area is 240 Å². The Morgan fingerprint density at radius 3 is 1.40 bits per heavy atom. The number of aromatic amines is 2. The topological polar surface area (TPSA) is 116 Å². The fourth-order valence-corrected chi connectivity index (χ4v) is 5.37. The highest BCUT2D eigenvalue weighted by atomic mass is 16.5. The van der Waals surface area contributed by atoms with Crippen LogP contribution in [0.4, 0.5) is 0 Å². The van der Waals surface area contributed by atoms with Gasteiger partial charge in [-0.15, -0.1) is 0 Å². The van der Waals surface area contributed by atoms with E-state index in [1.165, 1.54) is 14.2 Å². The molecule has 4 N–H and O–H groups in total. The Kier molecular flexibility index (Phi) is 6.01. The van der Waals surface area contributed by atoms with E-state index in [0.717, 1.165) is 67.1 Å². The molecule has 8 bridgehead atoms. The van der Waals surface area contributed by atoms with Gasteiger partial charge in [-0.1, -0.05) is 12.1 Å². The molecule has 0 unspecified atom stereocenters. The first-order chi connectivity index (χ1) is 20.5. The molecule has 206 valence electrons. The first kappa shape index (κ1) is 25.2. The second-order valence-corrected chi connectivity index (χ2v) is 9.98. The molecule has 2 aliphatic heterocycles. The fourth-order valence-electron chi connectivity index (χ4n) is 5.37. The summed E-state index contributed by atoms with van der Waals surface area (Å²) in [6.45, 7) is 0. The lowest BCUT2D eigenvalue weighted by Crippen LogP contribution is -1.88. The largest absolute Gasteiger partial charge is 0.504 e. The van der Waals surface area contributed by atoms with Crippen LogP contribution in [-0.2, 0) is 0 Å². The van der Waals surface area contributed by atoms with Crippen LogP contribution in [0.15, 0.2) is 72.8 Å². The van der Waals surface area contributed by atoms with E-state index in [0.29, 0.717) is 11.5 Å². The summed E-state index contributed by atoms with van der Waals surface area (Å²) in [4.78, 5) is 16.9. The van der Waals surface area contributed by atoms with Gasteiger partial charge in [0.1, 0.15) is 0 Å². The van der Waals surface area contributed by atoms with E-state index < -0.39 is 0 Å². The predicted molar refractivity (Wildman–Crippen MR) is 166 cm³/mol. The average Bonchev–Trinajstić information content (AvgIpc) is 3.80. The Bertz CT molecular complexity index is 1950. The molecule has 0 aliphatic carbocycles. The molecule has 0 spiro atoms. The van der Waals surface area contributed by atoms with Gasteiger partial charge in [0.2, 0.25) is 0 Å². The van der Waals surface area contributed by atoms with Crippen molar-refractivity contribution in [2.24, 2.45) is 0 Å². The summed E-state index contributed by atoms with van der Waals surface area (Å²) >= 11 is 0. The first-order valence-corrected chi connectivity index (χ1v) is 13.3. The Morgan fingerprint density at radius 2 is 1.00 bits per heavy atom. The van der Waals surface area contributed by atoms with Crippen molar-refractivity contribution < 1.29 is 19.7 Å². The molecule has 0 amide bonds. The summed E-state index contributed by atoms with van der Waals surface area (Å²) in [5.41, 5.74) is 9.76. The van der Waals surface area contributed by atoms with Crippen molar-refractivity contribution >= 4 is 46.4 Å². The lowest BCUT2D eigenvalue weighted by atomic mass is 10.0. The number of nitrogens with zero attached hydrogens (tertiary/aromatic N) is 2. The molecular formula is C34H26N4O4. The SMILES string of the molecule is COc1ccc(-c2c3nc(cc4ccc([nH]4)c(-c4ccc(OC)c(O)c4)c4nc(cc5ccc2[nH]5)C=C4)C=C3)cc1O. The molecule has 3 aromatic heterocycles. The highest BCUT2D eigenvalue weighted by Crippen LogP contribution is 2.37. The van der Waals surface area contributed by atoms with Gasteiger partial charge in [-0.05, 0) is 96.1 Å². The number of methoxy groups -OCH3 is 2. The van der Waals surface area contributed by atoms with Crippen LogP contribution in [0.25, 0.3) is 68.6 Å². The number of phenols is 2. The van der Waals surface area contributed by atoms with E-state index in [4.69, 9.17) is 19.4 Å². The number of aromatic nitrogens is 4. The molecule has 0 atom stereocenters. The van der Waals surface area contributed by atoms with Gasteiger partial charge in [0.25, 0.3) is 0 Å². The molecule has 0 fully saturated rings. The molecule has 42 heavy (non-hydrogen) atoms. The smallest absolute Gasteiger partial charge is 0.160 e. The maximum atomic E-state index is 10.5. The highest BCUT2D eigenvalue weighted by Gasteiger charge is 2.15. The van der Waals surface area contributed by atoms with Crippen molar-refractivity contribution in [3.8, 4) is 45.3 Å². The van der Waals surface area contributed by atoms with Crippen LogP contribution in [-0.4, -0.2) is 44.4 Å². The maximum Gasteiger partial charge on any atom is 0.160 e. The lowest BCUT2D eigenvalue weighted by Gasteiger charge is -2.08. The zero-order valence-electron chi connectivity index (χ0n) is 22.8. The van der Waals surface area contributed by atoms with E-state index in [-0.39, 0.29) is 11.5 Å². The van der Waals surface area contributed by atoms with E-state index in [1.807, 2.05) is 72.8 Å². The van der Waals surface area contributed by atoms with Crippen LogP contribution in [0.2, 0.25) is 0 Å². The number of fused-ring (bicyclic) bond motifs is 8. The molecule has 2 aromatic carbocycles. The maximum absolute atomic E-state index is 10.5. The van der Waals surface area contributed by atoms with Gasteiger partial charge in [0.15, 0.2) is 23.0 Å². The van der Waals surface area contributed by atoms with E-state index >= 15 is 0 Å². The standard InChI is InChI=1S/C34H26N4O4/c1-41-31-13-3-19(15-29(31)39)33-25-9-5-21(35-25)17-23-7-11-27(37-23)34(20-4-14-32(42-2)30(40)16-20)28-12-8-24(38-28)18-22-6-10-26(33)36-22/h3-18,35,38-40H,1-2H3. The van der Waals surface area contributed by atoms with Crippen LogP contribution in [0.3, 0.4) is 0 Å². The van der Waals surface area contributed by atoms with Crippen LogP contribution >= 0.6 is 0 Å². The average molecular weight is 555 g/mol. The molecule has 0 saturated carbocycles. The van der Waals surface area contributed by atoms with Crippen molar-refractivity contribution in [1.29, 1.82) is 0 Å². The van der Waals surface area contributed by atoms with Gasteiger partial charge >= 0.3 is 0 Å². The molecule has 7 rings (SSSR count). The zero-order valence-corrected chi connectivity index (χ0v) is 22.8. The number of ether oxygens (including phenoxy) is 2. The summed E-state index contributed by atoms with van der Waals surface area (Å²) < 4.78 is 10.5. The van der Waals surface area contributed by atoms with Gasteiger partial charge in [-0.2, -0.15) is 0 Å². The van der Waals surface area contributed by atoms with E-state index in [9.17, 15) is 10.2 Å². The van der Waals surface area contributed by atoms with Gasteiger partial charge in [-0.25, -0.2) is 9.97 Å². The third-order valence-corrected chi connectivity index (χ3v) is 7.33. The van der Waals surface area contributed by atoms with Crippen molar-refractivity contribution in [1.82, 2.24) is 19.9 Å². The van der Waals surface area contributed by atoms with Gasteiger partial charge in [-0.3, -0.25) is 0 Å². The van der Waals surface area contributed by atoms with E-state index in [2.05, 4.69) is 9.97 Å². The summed E-state index contributed by atoms with van der Waals surface area (Å²) in [6, 6.07) is 22.6. The number of rotatable bonds is 4. The third-order valence-electron chi connectivity index (χ3n) is 7.33. The summed E-state index contributed by atoms with van der Waals surface area (Å²) in [5, 5.41) is 21.1. The summed E-state index contributed by atoms with van der Waals surface area (Å²) in [7, 11) is 3.05. The Morgan fingerprint density at radius 1 is 0.548 bits per heavy atom. The lowest BCUT2D eigenvalue weighted by molar-refractivity contribution is 0.373. The highest BCUT2D eigenvalue weighted by molar-refractivity contribution is 5.93. The molecule has 5 aromatic rings.